The average Bonchev–Trinajstić information content (AvgIpc) is 2.71. The van der Waals surface area contributed by atoms with Gasteiger partial charge in [-0.25, -0.2) is 14.8 Å². The maximum absolute atomic E-state index is 13.0. The highest BCUT2D eigenvalue weighted by atomic mass is 32.2. The van der Waals surface area contributed by atoms with E-state index in [-0.39, 0.29) is 31.2 Å². The molecule has 0 saturated carbocycles. The molecule has 4 bridgehead atoms. The Kier molecular flexibility index (Phi) is 7.11. The van der Waals surface area contributed by atoms with E-state index < -0.39 is 17.9 Å². The topological polar surface area (TPSA) is 136 Å². The Morgan fingerprint density at radius 3 is 2.65 bits per heavy atom. The molecule has 31 heavy (non-hydrogen) atoms. The van der Waals surface area contributed by atoms with Crippen LogP contribution in [0.1, 0.15) is 34.3 Å². The third-order valence-corrected chi connectivity index (χ3v) is 5.85. The molecule has 0 unspecified atom stereocenters. The van der Waals surface area contributed by atoms with Gasteiger partial charge in [-0.05, 0) is 43.5 Å². The highest BCUT2D eigenvalue weighted by Gasteiger charge is 2.24. The van der Waals surface area contributed by atoms with Crippen molar-refractivity contribution in [2.45, 2.75) is 37.8 Å². The van der Waals surface area contributed by atoms with Crippen molar-refractivity contribution in [1.82, 2.24) is 20.6 Å². The van der Waals surface area contributed by atoms with E-state index in [0.29, 0.717) is 22.0 Å². The van der Waals surface area contributed by atoms with Crippen molar-refractivity contribution in [3.8, 4) is 11.3 Å². The summed E-state index contributed by atoms with van der Waals surface area (Å²) >= 11 is 1.40. The number of esters is 1. The second kappa shape index (κ2) is 9.78. The van der Waals surface area contributed by atoms with Crippen molar-refractivity contribution < 1.29 is 19.1 Å². The van der Waals surface area contributed by atoms with E-state index in [1.54, 1.807) is 12.1 Å². The summed E-state index contributed by atoms with van der Waals surface area (Å²) in [6.45, 7) is 3.98. The van der Waals surface area contributed by atoms with E-state index in [1.165, 1.54) is 18.9 Å². The lowest BCUT2D eigenvalue weighted by molar-refractivity contribution is -0.143. The molecule has 0 saturated heterocycles. The first-order valence-electron chi connectivity index (χ1n) is 9.83. The van der Waals surface area contributed by atoms with Crippen LogP contribution < -0.4 is 16.4 Å². The number of thioether (sulfide) groups is 1. The molecule has 0 spiro atoms. The lowest BCUT2D eigenvalue weighted by Gasteiger charge is -2.19. The Morgan fingerprint density at radius 1 is 1.16 bits per heavy atom. The predicted octanol–water partition coefficient (Wildman–Crippen LogP) is 1.62. The van der Waals surface area contributed by atoms with Crippen molar-refractivity contribution in [2.75, 3.05) is 25.1 Å². The first-order chi connectivity index (χ1) is 14.8. The zero-order valence-electron chi connectivity index (χ0n) is 17.7. The molecule has 1 aliphatic heterocycles. The first-order valence-corrected chi connectivity index (χ1v) is 10.8. The summed E-state index contributed by atoms with van der Waals surface area (Å²) in [5, 5.41) is 6.14. The number of aromatic nitrogens is 2. The summed E-state index contributed by atoms with van der Waals surface area (Å²) in [6.07, 6.45) is 0.487. The normalized spacial score (nSPS) is 17.5. The van der Waals surface area contributed by atoms with Gasteiger partial charge in [0.15, 0.2) is 0 Å². The maximum atomic E-state index is 13.0. The molecular weight excluding hydrogens is 418 g/mol. The molecule has 9 nitrogen and oxygen atoms in total. The van der Waals surface area contributed by atoms with Crippen LogP contribution in [0.2, 0.25) is 0 Å². The zero-order chi connectivity index (χ0) is 22.5. The van der Waals surface area contributed by atoms with Gasteiger partial charge in [-0.2, -0.15) is 0 Å². The molecule has 0 fully saturated rings. The minimum Gasteiger partial charge on any atom is -0.467 e. The molecule has 1 aliphatic rings. The van der Waals surface area contributed by atoms with Gasteiger partial charge in [0.25, 0.3) is 5.91 Å². The number of hydrogen-bond acceptors (Lipinski definition) is 8. The Hall–Kier alpha value is -3.14. The molecule has 2 aromatic rings. The van der Waals surface area contributed by atoms with Gasteiger partial charge in [-0.15, -0.1) is 11.8 Å². The van der Waals surface area contributed by atoms with E-state index >= 15 is 0 Å². The predicted molar refractivity (Wildman–Crippen MR) is 118 cm³/mol. The number of hydrogen-bond donors (Lipinski definition) is 3. The number of methoxy groups -OCH3 is 1. The number of amides is 2. The second-order valence-electron chi connectivity index (χ2n) is 7.22. The molecule has 1 aromatic heterocycles. The summed E-state index contributed by atoms with van der Waals surface area (Å²) in [5.74, 6) is -0.519. The number of anilines is 1. The van der Waals surface area contributed by atoms with Gasteiger partial charge in [-0.1, -0.05) is 6.07 Å². The summed E-state index contributed by atoms with van der Waals surface area (Å²) in [5.41, 5.74) is 9.33. The molecule has 0 aliphatic carbocycles. The molecule has 3 rings (SSSR count). The van der Waals surface area contributed by atoms with Crippen molar-refractivity contribution in [1.29, 1.82) is 0 Å². The Labute approximate surface area is 184 Å². The standard InChI is InChI=1S/C21H25N5O4S/c1-11-8-12(2)14-9-13(11)16-10-18(26-21(22)25-16)31-7-5-17(27)23-6-4-15(20(29)30-3)24-19(14)28/h8-10,15H,4-7H2,1-3H3,(H,23,27)(H,24,28)(H2,22,25,26)/t15-/m0/s1. The summed E-state index contributed by atoms with van der Waals surface area (Å²) in [7, 11) is 1.26. The van der Waals surface area contributed by atoms with Crippen LogP contribution in [-0.2, 0) is 14.3 Å². The van der Waals surface area contributed by atoms with Gasteiger partial charge in [0, 0.05) is 29.8 Å². The number of ether oxygens (including phenoxy) is 1. The van der Waals surface area contributed by atoms with Crippen LogP contribution in [0.5, 0.6) is 0 Å². The highest BCUT2D eigenvalue weighted by Crippen LogP contribution is 2.29. The lowest BCUT2D eigenvalue weighted by Crippen LogP contribution is -2.44. The monoisotopic (exact) mass is 443 g/mol. The van der Waals surface area contributed by atoms with E-state index in [4.69, 9.17) is 10.5 Å². The number of nitrogens with one attached hydrogen (secondary N) is 2. The van der Waals surface area contributed by atoms with E-state index in [2.05, 4.69) is 20.6 Å². The number of nitrogen functional groups attached to an aromatic ring is 1. The van der Waals surface area contributed by atoms with Crippen molar-refractivity contribution >= 4 is 35.5 Å². The van der Waals surface area contributed by atoms with Crippen LogP contribution in [0, 0.1) is 13.8 Å². The lowest BCUT2D eigenvalue weighted by atomic mass is 9.97. The van der Waals surface area contributed by atoms with Crippen LogP contribution in [0.3, 0.4) is 0 Å². The number of benzene rings is 1. The molecule has 164 valence electrons. The molecule has 4 N–H and O–H groups in total. The Morgan fingerprint density at radius 2 is 1.90 bits per heavy atom. The number of nitrogens with zero attached hydrogens (tertiary/aromatic N) is 2. The van der Waals surface area contributed by atoms with Crippen LogP contribution in [0.15, 0.2) is 23.2 Å². The number of carbonyl (C=O) groups excluding carboxylic acids is 3. The summed E-state index contributed by atoms with van der Waals surface area (Å²) in [6, 6.07) is 4.55. The van der Waals surface area contributed by atoms with Gasteiger partial charge in [-0.3, -0.25) is 9.59 Å². The summed E-state index contributed by atoms with van der Waals surface area (Å²) in [4.78, 5) is 45.9. The Bertz CT molecular complexity index is 1030. The number of nitrogens with two attached hydrogens (primary N) is 1. The molecule has 1 aromatic carbocycles. The molecule has 1 atom stereocenters. The van der Waals surface area contributed by atoms with Gasteiger partial charge in [0.1, 0.15) is 11.1 Å². The van der Waals surface area contributed by atoms with Gasteiger partial charge >= 0.3 is 5.97 Å². The highest BCUT2D eigenvalue weighted by molar-refractivity contribution is 7.99. The number of fused-ring (bicyclic) bond motifs is 5. The minimum absolute atomic E-state index is 0.113. The zero-order valence-corrected chi connectivity index (χ0v) is 18.5. The third kappa shape index (κ3) is 5.52. The largest absolute Gasteiger partial charge is 0.467 e. The van der Waals surface area contributed by atoms with Crippen molar-refractivity contribution in [3.05, 3.63) is 34.9 Å². The second-order valence-corrected chi connectivity index (χ2v) is 8.33. The van der Waals surface area contributed by atoms with Gasteiger partial charge < -0.3 is 21.1 Å². The fraction of sp³-hybridized carbons (Fsp3) is 0.381. The molecule has 10 heteroatoms. The first kappa shape index (κ1) is 22.5. The van der Waals surface area contributed by atoms with E-state index in [9.17, 15) is 14.4 Å². The molecule has 2 heterocycles. The van der Waals surface area contributed by atoms with Crippen LogP contribution in [0.4, 0.5) is 5.95 Å². The quantitative estimate of drug-likeness (QED) is 0.447. The summed E-state index contributed by atoms with van der Waals surface area (Å²) < 4.78 is 4.82. The smallest absolute Gasteiger partial charge is 0.328 e. The van der Waals surface area contributed by atoms with E-state index in [1.807, 2.05) is 19.9 Å². The number of rotatable bonds is 1. The van der Waals surface area contributed by atoms with E-state index in [0.717, 1.165) is 16.7 Å². The van der Waals surface area contributed by atoms with Crippen LogP contribution >= 0.6 is 11.8 Å². The van der Waals surface area contributed by atoms with Gasteiger partial charge in [0.05, 0.1) is 12.8 Å². The number of aryl methyl sites for hydroxylation is 2. The number of carbonyl (C=O) groups is 3. The van der Waals surface area contributed by atoms with Crippen molar-refractivity contribution in [3.63, 3.8) is 0 Å². The minimum atomic E-state index is -0.884. The van der Waals surface area contributed by atoms with Crippen LogP contribution in [-0.4, -0.2) is 53.2 Å². The molecule has 0 radical (unpaired) electrons. The van der Waals surface area contributed by atoms with Gasteiger partial charge in [0.2, 0.25) is 11.9 Å². The fourth-order valence-corrected chi connectivity index (χ4v) is 4.20. The third-order valence-electron chi connectivity index (χ3n) is 4.94. The SMILES string of the molecule is COC(=O)[C@@H]1CCNC(=O)CCSc2cc(nc(N)n2)-c2cc(c(C)cc2C)C(=O)N1. The average molecular weight is 444 g/mol. The van der Waals surface area contributed by atoms with Crippen molar-refractivity contribution in [2.24, 2.45) is 0 Å². The molecule has 2 amide bonds. The Balaban J connectivity index is 2.07. The van der Waals surface area contributed by atoms with Crippen LogP contribution in [0.25, 0.3) is 11.3 Å². The maximum Gasteiger partial charge on any atom is 0.328 e. The fourth-order valence-electron chi connectivity index (χ4n) is 3.35. The molecular formula is C21H25N5O4S.